The highest BCUT2D eigenvalue weighted by Gasteiger charge is 2.73. The summed E-state index contributed by atoms with van der Waals surface area (Å²) in [5, 5.41) is 0. The fourth-order valence-electron chi connectivity index (χ4n) is 2.45. The Bertz CT molecular complexity index is 752. The number of para-hydroxylation sites is 2. The molecule has 2 aromatic carbocycles. The van der Waals surface area contributed by atoms with Gasteiger partial charge in [0.25, 0.3) is 0 Å². The first-order valence-electron chi connectivity index (χ1n) is 6.78. The van der Waals surface area contributed by atoms with Gasteiger partial charge in [-0.3, -0.25) is 0 Å². The molecular weight excluding hydrogens is 350 g/mol. The van der Waals surface area contributed by atoms with Gasteiger partial charge in [0, 0.05) is 11.1 Å². The summed E-state index contributed by atoms with van der Waals surface area (Å²) < 4.78 is 83.3. The molecule has 0 bridgehead atoms. The highest BCUT2D eigenvalue weighted by molar-refractivity contribution is 5.75. The van der Waals surface area contributed by atoms with Gasteiger partial charge in [0.1, 0.15) is 0 Å². The minimum absolute atomic E-state index is 0.361. The van der Waals surface area contributed by atoms with E-state index in [0.29, 0.717) is 12.1 Å². The third-order valence-electron chi connectivity index (χ3n) is 3.81. The van der Waals surface area contributed by atoms with Crippen molar-refractivity contribution in [3.8, 4) is 0 Å². The van der Waals surface area contributed by atoms with E-state index in [2.05, 4.69) is 0 Å². The van der Waals surface area contributed by atoms with E-state index in [0.717, 1.165) is 24.3 Å². The Hall–Kier alpha value is -2.78. The van der Waals surface area contributed by atoms with E-state index in [9.17, 15) is 22.0 Å². The van der Waals surface area contributed by atoms with Crippen molar-refractivity contribution in [2.24, 2.45) is 0 Å². The second-order valence-electron chi connectivity index (χ2n) is 5.35. The second-order valence-corrected chi connectivity index (χ2v) is 5.35. The molecule has 0 unspecified atom stereocenters. The molecule has 0 fully saturated rings. The first-order chi connectivity index (χ1) is 11.4. The molecule has 2 aromatic rings. The lowest BCUT2D eigenvalue weighted by molar-refractivity contribution is -0.322. The van der Waals surface area contributed by atoms with Gasteiger partial charge < -0.3 is 22.9 Å². The molecule has 2 rings (SSSR count). The molecule has 0 spiro atoms. The lowest BCUT2D eigenvalue weighted by Crippen LogP contribution is -2.53. The predicted octanol–water partition coefficient (Wildman–Crippen LogP) is 3.43. The van der Waals surface area contributed by atoms with Crippen LogP contribution in [0.4, 0.5) is 49.1 Å². The van der Waals surface area contributed by atoms with Gasteiger partial charge in [0.05, 0.1) is 22.7 Å². The largest absolute Gasteiger partial charge is 0.457 e. The maximum atomic E-state index is 15.7. The normalized spacial score (nSPS) is 13.0. The van der Waals surface area contributed by atoms with Crippen LogP contribution in [0.5, 0.6) is 0 Å². The van der Waals surface area contributed by atoms with Crippen molar-refractivity contribution in [2.45, 2.75) is 17.8 Å². The van der Waals surface area contributed by atoms with E-state index in [1.54, 1.807) is 0 Å². The van der Waals surface area contributed by atoms with Crippen LogP contribution in [0.1, 0.15) is 11.1 Å². The summed E-state index contributed by atoms with van der Waals surface area (Å²) in [6.45, 7) is 0. The zero-order chi connectivity index (χ0) is 19.2. The van der Waals surface area contributed by atoms with Gasteiger partial charge in [0.2, 0.25) is 5.67 Å². The molecule has 0 saturated carbocycles. The second kappa shape index (κ2) is 5.64. The van der Waals surface area contributed by atoms with Crippen LogP contribution in [-0.4, -0.2) is 12.1 Å². The summed E-state index contributed by atoms with van der Waals surface area (Å²) >= 11 is 0. The first kappa shape index (κ1) is 18.6. The van der Waals surface area contributed by atoms with Crippen LogP contribution in [0.2, 0.25) is 0 Å². The lowest BCUT2D eigenvalue weighted by Gasteiger charge is -2.37. The van der Waals surface area contributed by atoms with Gasteiger partial charge in [-0.1, -0.05) is 24.3 Å². The molecule has 0 aliphatic rings. The molecule has 0 amide bonds. The predicted molar refractivity (Wildman–Crippen MR) is 83.4 cm³/mol. The number of alkyl halides is 6. The molecule has 4 nitrogen and oxygen atoms in total. The van der Waals surface area contributed by atoms with Crippen molar-refractivity contribution in [3.05, 3.63) is 47.5 Å². The van der Waals surface area contributed by atoms with Crippen molar-refractivity contribution < 1.29 is 26.3 Å². The zero-order valence-electron chi connectivity index (χ0n) is 12.5. The summed E-state index contributed by atoms with van der Waals surface area (Å²) in [6.07, 6.45) is -6.24. The number of nitrogen functional groups attached to an aromatic ring is 4. The van der Waals surface area contributed by atoms with Gasteiger partial charge in [-0.25, -0.2) is 4.39 Å². The van der Waals surface area contributed by atoms with E-state index in [1.807, 2.05) is 0 Å². The van der Waals surface area contributed by atoms with E-state index < -0.39 is 40.3 Å². The Labute approximate surface area is 138 Å². The van der Waals surface area contributed by atoms with Crippen LogP contribution >= 0.6 is 0 Å². The Morgan fingerprint density at radius 3 is 1.28 bits per heavy atom. The highest BCUT2D eigenvalue weighted by atomic mass is 19.4. The first-order valence-corrected chi connectivity index (χ1v) is 6.78. The molecule has 0 atom stereocenters. The minimum atomic E-state index is -6.24. The summed E-state index contributed by atoms with van der Waals surface area (Å²) in [5.74, 6) is -5.87. The fraction of sp³-hybridized carbons (Fsp3) is 0.200. The summed E-state index contributed by atoms with van der Waals surface area (Å²) in [6, 6.07) is 5.65. The number of hydrogen-bond acceptors (Lipinski definition) is 4. The lowest BCUT2D eigenvalue weighted by atomic mass is 9.80. The van der Waals surface area contributed by atoms with Crippen molar-refractivity contribution in [1.82, 2.24) is 0 Å². The summed E-state index contributed by atoms with van der Waals surface area (Å²) in [4.78, 5) is 0. The minimum Gasteiger partial charge on any atom is -0.397 e. The molecular formula is C15H14F6N4. The quantitative estimate of drug-likeness (QED) is 0.495. The van der Waals surface area contributed by atoms with E-state index in [-0.39, 0.29) is 11.4 Å². The van der Waals surface area contributed by atoms with Gasteiger partial charge >= 0.3 is 12.1 Å². The Morgan fingerprint density at radius 2 is 0.960 bits per heavy atom. The van der Waals surface area contributed by atoms with E-state index >= 15 is 4.39 Å². The maximum Gasteiger partial charge on any atom is 0.457 e. The van der Waals surface area contributed by atoms with Gasteiger partial charge in [-0.15, -0.1) is 0 Å². The topological polar surface area (TPSA) is 104 Å². The van der Waals surface area contributed by atoms with E-state index in [4.69, 9.17) is 22.9 Å². The molecule has 136 valence electrons. The number of anilines is 4. The van der Waals surface area contributed by atoms with Crippen molar-refractivity contribution in [1.29, 1.82) is 0 Å². The molecule has 8 N–H and O–H groups in total. The standard InChI is InChI=1S/C15H14F6N4/c16-13(14(17,18)15(19,20)21,7-3-1-5-9(22)11(7)24)8-4-2-6-10(23)12(8)25/h1-6H,22-25H2. The van der Waals surface area contributed by atoms with Gasteiger partial charge in [-0.2, -0.15) is 22.0 Å². The van der Waals surface area contributed by atoms with Crippen LogP contribution in [0, 0.1) is 0 Å². The van der Waals surface area contributed by atoms with Crippen LogP contribution < -0.4 is 22.9 Å². The number of rotatable bonds is 3. The van der Waals surface area contributed by atoms with Crippen molar-refractivity contribution >= 4 is 22.7 Å². The molecule has 10 heteroatoms. The highest BCUT2D eigenvalue weighted by Crippen LogP contribution is 2.57. The molecule has 0 saturated heterocycles. The van der Waals surface area contributed by atoms with Crippen molar-refractivity contribution in [2.75, 3.05) is 22.9 Å². The summed E-state index contributed by atoms with van der Waals surface area (Å²) in [7, 11) is 0. The SMILES string of the molecule is Nc1cccc(C(F)(c2cccc(N)c2N)C(F)(F)C(F)(F)F)c1N. The van der Waals surface area contributed by atoms with Crippen LogP contribution in [0.15, 0.2) is 36.4 Å². The van der Waals surface area contributed by atoms with Gasteiger partial charge in [0.15, 0.2) is 0 Å². The average molecular weight is 364 g/mol. The number of benzene rings is 2. The molecule has 0 aromatic heterocycles. The van der Waals surface area contributed by atoms with E-state index in [1.165, 1.54) is 0 Å². The van der Waals surface area contributed by atoms with Crippen molar-refractivity contribution in [3.63, 3.8) is 0 Å². The zero-order valence-corrected chi connectivity index (χ0v) is 12.5. The molecule has 25 heavy (non-hydrogen) atoms. The van der Waals surface area contributed by atoms with Gasteiger partial charge in [-0.05, 0) is 12.1 Å². The Kier molecular flexibility index (Phi) is 4.19. The summed E-state index contributed by atoms with van der Waals surface area (Å²) in [5.41, 5.74) is 12.9. The molecule has 0 aliphatic heterocycles. The Balaban J connectivity index is 2.96. The Morgan fingerprint density at radius 1 is 0.600 bits per heavy atom. The molecule has 0 aliphatic carbocycles. The third kappa shape index (κ3) is 2.57. The van der Waals surface area contributed by atoms with Crippen LogP contribution in [0.3, 0.4) is 0 Å². The fourth-order valence-corrected chi connectivity index (χ4v) is 2.45. The maximum absolute atomic E-state index is 15.7. The average Bonchev–Trinajstić information content (AvgIpc) is 2.50. The molecule has 0 radical (unpaired) electrons. The van der Waals surface area contributed by atoms with Crippen LogP contribution in [0.25, 0.3) is 0 Å². The van der Waals surface area contributed by atoms with Crippen LogP contribution in [-0.2, 0) is 5.67 Å². The third-order valence-corrected chi connectivity index (χ3v) is 3.81. The molecule has 0 heterocycles. The number of halogens is 6. The monoisotopic (exact) mass is 364 g/mol. The smallest absolute Gasteiger partial charge is 0.397 e. The number of nitrogens with two attached hydrogens (primary N) is 4. The number of hydrogen-bond donors (Lipinski definition) is 4.